The van der Waals surface area contributed by atoms with Crippen molar-refractivity contribution < 1.29 is 9.90 Å². The molecule has 7 nitrogen and oxygen atoms in total. The Hall–Kier alpha value is -1.60. The molecule has 0 aliphatic rings. The number of nitrogens with two attached hydrogens (primary N) is 1. The monoisotopic (exact) mass is 200 g/mol. The van der Waals surface area contributed by atoms with E-state index in [2.05, 4.69) is 10.2 Å². The number of nitrogens with one attached hydrogen (secondary N) is 3. The molecule has 14 heavy (non-hydrogen) atoms. The van der Waals surface area contributed by atoms with Gasteiger partial charge in [-0.15, -0.1) is 0 Å². The Labute approximate surface area is 79.3 Å². The van der Waals surface area contributed by atoms with Crippen LogP contribution in [0, 0.1) is 0 Å². The third-order valence-electron chi connectivity index (χ3n) is 1.73. The zero-order valence-corrected chi connectivity index (χ0v) is 7.63. The van der Waals surface area contributed by atoms with Crippen LogP contribution in [0.15, 0.2) is 4.79 Å². The summed E-state index contributed by atoms with van der Waals surface area (Å²) in [6, 6.07) is 0. The zero-order valence-electron chi connectivity index (χ0n) is 7.63. The maximum absolute atomic E-state index is 11.2. The molecule has 0 bridgehead atoms. The Morgan fingerprint density at radius 2 is 2.29 bits per heavy atom. The summed E-state index contributed by atoms with van der Waals surface area (Å²) in [4.78, 5) is 22.3. The maximum atomic E-state index is 11.2. The SMILES string of the molecule is C[C@@H](O)Cc1c(C(=O)NN)[nH][nH]c1=O. The van der Waals surface area contributed by atoms with Crippen LogP contribution in [0.1, 0.15) is 23.0 Å². The molecule has 1 heterocycles. The zero-order chi connectivity index (χ0) is 10.7. The van der Waals surface area contributed by atoms with E-state index in [9.17, 15) is 9.59 Å². The molecule has 0 fully saturated rings. The molecule has 7 heteroatoms. The molecule has 0 aliphatic heterocycles. The van der Waals surface area contributed by atoms with Crippen molar-refractivity contribution in [1.29, 1.82) is 0 Å². The molecular weight excluding hydrogens is 188 g/mol. The highest BCUT2D eigenvalue weighted by Gasteiger charge is 2.17. The van der Waals surface area contributed by atoms with Gasteiger partial charge in [0.15, 0.2) is 0 Å². The molecule has 0 aliphatic carbocycles. The van der Waals surface area contributed by atoms with Crippen molar-refractivity contribution in [2.45, 2.75) is 19.4 Å². The lowest BCUT2D eigenvalue weighted by molar-refractivity contribution is 0.0947. The maximum Gasteiger partial charge on any atom is 0.283 e. The third-order valence-corrected chi connectivity index (χ3v) is 1.73. The minimum absolute atomic E-state index is 0.0541. The van der Waals surface area contributed by atoms with Crippen molar-refractivity contribution >= 4 is 5.91 Å². The van der Waals surface area contributed by atoms with Crippen molar-refractivity contribution in [3.05, 3.63) is 21.6 Å². The van der Waals surface area contributed by atoms with Gasteiger partial charge in [-0.25, -0.2) is 5.84 Å². The van der Waals surface area contributed by atoms with E-state index in [1.165, 1.54) is 6.92 Å². The summed E-state index contributed by atoms with van der Waals surface area (Å²) in [6.45, 7) is 1.52. The Kier molecular flexibility index (Phi) is 3.05. The molecule has 1 rings (SSSR count). The fraction of sp³-hybridized carbons (Fsp3) is 0.429. The van der Waals surface area contributed by atoms with E-state index in [1.54, 1.807) is 0 Å². The number of aromatic nitrogens is 2. The molecule has 0 unspecified atom stereocenters. The molecule has 6 N–H and O–H groups in total. The Morgan fingerprint density at radius 1 is 1.64 bits per heavy atom. The predicted molar refractivity (Wildman–Crippen MR) is 48.5 cm³/mol. The Morgan fingerprint density at radius 3 is 2.79 bits per heavy atom. The smallest absolute Gasteiger partial charge is 0.283 e. The van der Waals surface area contributed by atoms with Gasteiger partial charge >= 0.3 is 0 Å². The summed E-state index contributed by atoms with van der Waals surface area (Å²) in [6.07, 6.45) is -0.599. The first-order chi connectivity index (χ1) is 6.56. The average Bonchev–Trinajstić information content (AvgIpc) is 2.46. The minimum atomic E-state index is -0.698. The molecule has 0 radical (unpaired) electrons. The van der Waals surface area contributed by atoms with Crippen LogP contribution in [-0.4, -0.2) is 27.3 Å². The third kappa shape index (κ3) is 2.01. The van der Waals surface area contributed by atoms with Gasteiger partial charge in [0.2, 0.25) is 0 Å². The van der Waals surface area contributed by atoms with Gasteiger partial charge in [-0.2, -0.15) is 0 Å². The number of hydrazine groups is 1. The second-order valence-electron chi connectivity index (χ2n) is 2.96. The highest BCUT2D eigenvalue weighted by molar-refractivity contribution is 5.93. The Bertz CT molecular complexity index is 379. The Balaban J connectivity index is 3.06. The lowest BCUT2D eigenvalue weighted by Crippen LogP contribution is -2.31. The number of aromatic amines is 2. The molecular formula is C7H12N4O3. The summed E-state index contributed by atoms with van der Waals surface area (Å²) in [5, 5.41) is 13.7. The highest BCUT2D eigenvalue weighted by Crippen LogP contribution is 2.02. The predicted octanol–water partition coefficient (Wildman–Crippen LogP) is -1.77. The number of amides is 1. The van der Waals surface area contributed by atoms with Gasteiger partial charge < -0.3 is 5.11 Å². The highest BCUT2D eigenvalue weighted by atomic mass is 16.3. The lowest BCUT2D eigenvalue weighted by Gasteiger charge is -2.02. The van der Waals surface area contributed by atoms with Crippen LogP contribution in [-0.2, 0) is 6.42 Å². The van der Waals surface area contributed by atoms with Crippen LogP contribution < -0.4 is 16.8 Å². The van der Waals surface area contributed by atoms with Crippen molar-refractivity contribution in [1.82, 2.24) is 15.6 Å². The molecule has 0 spiro atoms. The lowest BCUT2D eigenvalue weighted by atomic mass is 10.1. The largest absolute Gasteiger partial charge is 0.393 e. The van der Waals surface area contributed by atoms with E-state index in [0.717, 1.165) is 0 Å². The fourth-order valence-corrected chi connectivity index (χ4v) is 1.14. The van der Waals surface area contributed by atoms with Gasteiger partial charge in [0.25, 0.3) is 11.5 Å². The van der Waals surface area contributed by atoms with Crippen molar-refractivity contribution in [2.75, 3.05) is 0 Å². The summed E-state index contributed by atoms with van der Waals surface area (Å²) in [5.74, 6) is 4.32. The van der Waals surface area contributed by atoms with Crippen molar-refractivity contribution in [3.63, 3.8) is 0 Å². The summed E-state index contributed by atoms with van der Waals surface area (Å²) in [7, 11) is 0. The fourth-order valence-electron chi connectivity index (χ4n) is 1.14. The van der Waals surface area contributed by atoms with Crippen LogP contribution >= 0.6 is 0 Å². The first kappa shape index (κ1) is 10.5. The van der Waals surface area contributed by atoms with E-state index in [-0.39, 0.29) is 17.7 Å². The number of aliphatic hydroxyl groups is 1. The van der Waals surface area contributed by atoms with E-state index in [4.69, 9.17) is 10.9 Å². The topological polar surface area (TPSA) is 124 Å². The van der Waals surface area contributed by atoms with E-state index < -0.39 is 17.6 Å². The van der Waals surface area contributed by atoms with Crippen LogP contribution in [0.3, 0.4) is 0 Å². The van der Waals surface area contributed by atoms with E-state index in [0.29, 0.717) is 0 Å². The second kappa shape index (κ2) is 4.07. The summed E-state index contributed by atoms with van der Waals surface area (Å²) < 4.78 is 0. The molecule has 1 amide bonds. The molecule has 0 aromatic carbocycles. The minimum Gasteiger partial charge on any atom is -0.393 e. The molecule has 0 saturated carbocycles. The quantitative estimate of drug-likeness (QED) is 0.225. The van der Waals surface area contributed by atoms with Gasteiger partial charge in [0, 0.05) is 6.42 Å². The number of H-pyrrole nitrogens is 2. The number of aliphatic hydroxyl groups excluding tert-OH is 1. The van der Waals surface area contributed by atoms with Gasteiger partial charge in [-0.05, 0) is 6.92 Å². The van der Waals surface area contributed by atoms with Crippen LogP contribution in [0.5, 0.6) is 0 Å². The standard InChI is InChI=1S/C7H12N4O3/c1-3(12)2-4-5(7(14)9-8)10-11-6(4)13/h3,12H,2,8H2,1H3,(H,9,14)(H2,10,11,13)/t3-/m1/s1. The van der Waals surface area contributed by atoms with E-state index >= 15 is 0 Å². The number of carbonyl (C=O) groups excluding carboxylic acids is 1. The van der Waals surface area contributed by atoms with E-state index in [1.807, 2.05) is 5.43 Å². The molecule has 0 saturated heterocycles. The van der Waals surface area contributed by atoms with Crippen LogP contribution in [0.25, 0.3) is 0 Å². The molecule has 78 valence electrons. The van der Waals surface area contributed by atoms with Gasteiger partial charge in [0.05, 0.1) is 11.7 Å². The van der Waals surface area contributed by atoms with Crippen molar-refractivity contribution in [3.8, 4) is 0 Å². The summed E-state index contributed by atoms with van der Waals surface area (Å²) >= 11 is 0. The number of nitrogen functional groups attached to an aromatic ring is 1. The average molecular weight is 200 g/mol. The van der Waals surface area contributed by atoms with Crippen LogP contribution in [0.2, 0.25) is 0 Å². The van der Waals surface area contributed by atoms with Gasteiger partial charge in [-0.3, -0.25) is 25.2 Å². The molecule has 1 aromatic heterocycles. The first-order valence-electron chi connectivity index (χ1n) is 4.04. The first-order valence-corrected chi connectivity index (χ1v) is 4.04. The number of rotatable bonds is 3. The molecule has 1 aromatic rings. The normalized spacial score (nSPS) is 12.5. The molecule has 1 atom stereocenters. The summed E-state index contributed by atoms with van der Waals surface area (Å²) in [5.41, 5.74) is 1.72. The number of hydrogen-bond acceptors (Lipinski definition) is 4. The number of hydrogen-bond donors (Lipinski definition) is 5. The van der Waals surface area contributed by atoms with Gasteiger partial charge in [0.1, 0.15) is 5.69 Å². The van der Waals surface area contributed by atoms with Crippen LogP contribution in [0.4, 0.5) is 0 Å². The second-order valence-corrected chi connectivity index (χ2v) is 2.96. The van der Waals surface area contributed by atoms with Crippen molar-refractivity contribution in [2.24, 2.45) is 5.84 Å². The number of carbonyl (C=O) groups is 1. The van der Waals surface area contributed by atoms with Gasteiger partial charge in [-0.1, -0.05) is 0 Å².